The number of anilines is 1. The third-order valence-corrected chi connectivity index (χ3v) is 3.07. The number of aromatic nitrogens is 6. The van der Waals surface area contributed by atoms with E-state index >= 15 is 0 Å². The molecule has 0 aliphatic rings. The molecule has 8 heteroatoms. The molecule has 8 nitrogen and oxygen atoms in total. The Morgan fingerprint density at radius 1 is 0.952 bits per heavy atom. The van der Waals surface area contributed by atoms with Crippen LogP contribution in [0.2, 0.25) is 0 Å². The molecule has 3 aromatic rings. The van der Waals surface area contributed by atoms with Gasteiger partial charge in [0.15, 0.2) is 0 Å². The van der Waals surface area contributed by atoms with Crippen LogP contribution in [0.3, 0.4) is 0 Å². The minimum absolute atomic E-state index is 0.621. The molecule has 21 heavy (non-hydrogen) atoms. The second kappa shape index (κ2) is 6.04. The van der Waals surface area contributed by atoms with Crippen molar-refractivity contribution in [3.05, 3.63) is 48.0 Å². The second-order valence-electron chi connectivity index (χ2n) is 4.48. The normalized spacial score (nSPS) is 10.5. The third-order valence-electron chi connectivity index (χ3n) is 3.07. The Labute approximate surface area is 121 Å². The summed E-state index contributed by atoms with van der Waals surface area (Å²) < 4.78 is 5.19. The van der Waals surface area contributed by atoms with Crippen LogP contribution in [0.25, 0.3) is 0 Å². The van der Waals surface area contributed by atoms with Gasteiger partial charge in [0.25, 0.3) is 0 Å². The van der Waals surface area contributed by atoms with Gasteiger partial charge in [0.2, 0.25) is 0 Å². The molecule has 0 aliphatic carbocycles. The molecule has 0 spiro atoms. The van der Waals surface area contributed by atoms with Gasteiger partial charge in [-0.25, -0.2) is 0 Å². The van der Waals surface area contributed by atoms with E-state index in [1.54, 1.807) is 19.5 Å². The first kappa shape index (κ1) is 13.1. The number of H-pyrrole nitrogens is 2. The Kier molecular flexibility index (Phi) is 3.77. The van der Waals surface area contributed by atoms with Crippen LogP contribution in [0.4, 0.5) is 5.69 Å². The number of hydrogen-bond donors (Lipinski definition) is 2. The van der Waals surface area contributed by atoms with Gasteiger partial charge < -0.3 is 9.64 Å². The summed E-state index contributed by atoms with van der Waals surface area (Å²) in [5.74, 6) is 0.821. The predicted molar refractivity (Wildman–Crippen MR) is 75.6 cm³/mol. The number of hydrogen-bond acceptors (Lipinski definition) is 6. The van der Waals surface area contributed by atoms with E-state index in [-0.39, 0.29) is 0 Å². The van der Waals surface area contributed by atoms with E-state index in [0.717, 1.165) is 22.8 Å². The lowest BCUT2D eigenvalue weighted by Gasteiger charge is -2.22. The first-order valence-electron chi connectivity index (χ1n) is 6.43. The van der Waals surface area contributed by atoms with Crippen LogP contribution in [0.1, 0.15) is 11.4 Å². The van der Waals surface area contributed by atoms with Crippen molar-refractivity contribution in [2.75, 3.05) is 12.0 Å². The van der Waals surface area contributed by atoms with Gasteiger partial charge in [-0.05, 0) is 24.3 Å². The average molecular weight is 285 g/mol. The molecule has 2 N–H and O–H groups in total. The van der Waals surface area contributed by atoms with Gasteiger partial charge in [-0.2, -0.15) is 30.8 Å². The van der Waals surface area contributed by atoms with Crippen LogP contribution < -0.4 is 9.64 Å². The molecule has 108 valence electrons. The number of aromatic amines is 2. The van der Waals surface area contributed by atoms with Crippen molar-refractivity contribution >= 4 is 5.69 Å². The van der Waals surface area contributed by atoms with E-state index in [1.807, 2.05) is 24.3 Å². The summed E-state index contributed by atoms with van der Waals surface area (Å²) in [6.07, 6.45) is 3.42. The quantitative estimate of drug-likeness (QED) is 0.705. The van der Waals surface area contributed by atoms with Gasteiger partial charge in [-0.3, -0.25) is 0 Å². The van der Waals surface area contributed by atoms with Crippen LogP contribution in [-0.2, 0) is 13.1 Å². The zero-order valence-corrected chi connectivity index (χ0v) is 11.5. The van der Waals surface area contributed by atoms with Crippen molar-refractivity contribution in [3.8, 4) is 5.75 Å². The minimum Gasteiger partial charge on any atom is -0.497 e. The van der Waals surface area contributed by atoms with Crippen LogP contribution in [-0.4, -0.2) is 37.9 Å². The number of benzene rings is 1. The molecule has 0 amide bonds. The van der Waals surface area contributed by atoms with E-state index in [0.29, 0.717) is 13.1 Å². The molecule has 0 unspecified atom stereocenters. The molecule has 0 aliphatic heterocycles. The molecule has 0 fully saturated rings. The lowest BCUT2D eigenvalue weighted by molar-refractivity contribution is 0.415. The second-order valence-corrected chi connectivity index (χ2v) is 4.48. The standard InChI is InChI=1S/C13H15N7O/c1-21-13-4-2-12(3-5-13)20(8-10-6-14-18-16-10)9-11-7-15-19-17-11/h2-7H,8-9H2,1H3,(H,14,16,18)(H,15,17,19). The Hall–Kier alpha value is -2.90. The summed E-state index contributed by atoms with van der Waals surface area (Å²) in [5, 5.41) is 21.1. The Bertz CT molecular complexity index is 612. The predicted octanol–water partition coefficient (Wildman–Crippen LogP) is 1.14. The molecule has 0 bridgehead atoms. The number of methoxy groups -OCH3 is 1. The smallest absolute Gasteiger partial charge is 0.119 e. The van der Waals surface area contributed by atoms with Crippen molar-refractivity contribution in [2.24, 2.45) is 0 Å². The lowest BCUT2D eigenvalue weighted by atomic mass is 10.2. The van der Waals surface area contributed by atoms with Crippen LogP contribution in [0.15, 0.2) is 36.7 Å². The van der Waals surface area contributed by atoms with E-state index in [2.05, 4.69) is 35.7 Å². The summed E-state index contributed by atoms with van der Waals surface area (Å²) in [4.78, 5) is 2.13. The van der Waals surface area contributed by atoms with Crippen LogP contribution >= 0.6 is 0 Å². The summed E-state index contributed by atoms with van der Waals surface area (Å²) in [7, 11) is 1.65. The SMILES string of the molecule is COc1ccc(N(Cc2cn[nH]n2)Cc2cn[nH]n2)cc1. The number of nitrogens with one attached hydrogen (secondary N) is 2. The van der Waals surface area contributed by atoms with Gasteiger partial charge in [-0.1, -0.05) is 0 Å². The molecule has 1 aromatic carbocycles. The first-order valence-corrected chi connectivity index (χ1v) is 6.43. The topological polar surface area (TPSA) is 95.6 Å². The number of ether oxygens (including phenoxy) is 1. The largest absolute Gasteiger partial charge is 0.497 e. The van der Waals surface area contributed by atoms with E-state index in [1.165, 1.54) is 0 Å². The highest BCUT2D eigenvalue weighted by Crippen LogP contribution is 2.22. The number of nitrogens with zero attached hydrogens (tertiary/aromatic N) is 5. The Morgan fingerprint density at radius 2 is 1.52 bits per heavy atom. The zero-order valence-electron chi connectivity index (χ0n) is 11.5. The van der Waals surface area contributed by atoms with E-state index < -0.39 is 0 Å². The highest BCUT2D eigenvalue weighted by atomic mass is 16.5. The molecule has 0 atom stereocenters. The van der Waals surface area contributed by atoms with Gasteiger partial charge in [0.1, 0.15) is 17.1 Å². The fourth-order valence-electron chi connectivity index (χ4n) is 2.03. The Balaban J connectivity index is 1.83. The molecule has 3 rings (SSSR count). The maximum atomic E-state index is 5.19. The molecule has 0 saturated carbocycles. The summed E-state index contributed by atoms with van der Waals surface area (Å²) in [6.45, 7) is 1.24. The highest BCUT2D eigenvalue weighted by molar-refractivity contribution is 5.49. The summed E-state index contributed by atoms with van der Waals surface area (Å²) in [5.41, 5.74) is 2.76. The fraction of sp³-hybridized carbons (Fsp3) is 0.231. The van der Waals surface area contributed by atoms with E-state index in [4.69, 9.17) is 4.74 Å². The molecule has 2 heterocycles. The van der Waals surface area contributed by atoms with Crippen molar-refractivity contribution in [1.29, 1.82) is 0 Å². The van der Waals surface area contributed by atoms with Crippen molar-refractivity contribution in [1.82, 2.24) is 30.8 Å². The highest BCUT2D eigenvalue weighted by Gasteiger charge is 2.11. The van der Waals surface area contributed by atoms with Crippen molar-refractivity contribution in [2.45, 2.75) is 13.1 Å². The molecular weight excluding hydrogens is 270 g/mol. The average Bonchev–Trinajstić information content (AvgIpc) is 3.20. The van der Waals surface area contributed by atoms with Gasteiger partial charge in [0, 0.05) is 5.69 Å². The Morgan fingerprint density at radius 3 is 1.95 bits per heavy atom. The van der Waals surface area contributed by atoms with Crippen molar-refractivity contribution in [3.63, 3.8) is 0 Å². The molecule has 0 radical (unpaired) electrons. The summed E-state index contributed by atoms with van der Waals surface area (Å²) in [6, 6.07) is 7.85. The zero-order chi connectivity index (χ0) is 14.5. The van der Waals surface area contributed by atoms with E-state index in [9.17, 15) is 0 Å². The van der Waals surface area contributed by atoms with Gasteiger partial charge in [0.05, 0.1) is 32.6 Å². The first-order chi connectivity index (χ1) is 10.3. The van der Waals surface area contributed by atoms with Crippen LogP contribution in [0.5, 0.6) is 5.75 Å². The van der Waals surface area contributed by atoms with Crippen LogP contribution in [0, 0.1) is 0 Å². The minimum atomic E-state index is 0.621. The summed E-state index contributed by atoms with van der Waals surface area (Å²) >= 11 is 0. The maximum absolute atomic E-state index is 5.19. The van der Waals surface area contributed by atoms with Gasteiger partial charge in [-0.15, -0.1) is 0 Å². The lowest BCUT2D eigenvalue weighted by Crippen LogP contribution is -2.22. The van der Waals surface area contributed by atoms with Gasteiger partial charge >= 0.3 is 0 Å². The third kappa shape index (κ3) is 3.16. The number of rotatable bonds is 6. The molecular formula is C13H15N7O. The maximum Gasteiger partial charge on any atom is 0.119 e. The monoisotopic (exact) mass is 285 g/mol. The molecule has 0 saturated heterocycles. The molecule has 2 aromatic heterocycles. The van der Waals surface area contributed by atoms with Crippen molar-refractivity contribution < 1.29 is 4.74 Å². The fourth-order valence-corrected chi connectivity index (χ4v) is 2.03.